The highest BCUT2D eigenvalue weighted by Gasteiger charge is 2.03. The zero-order chi connectivity index (χ0) is 14.9. The van der Waals surface area contributed by atoms with Crippen molar-refractivity contribution < 1.29 is 4.74 Å². The Kier molecular flexibility index (Phi) is 6.48. The molecule has 0 saturated heterocycles. The van der Waals surface area contributed by atoms with E-state index in [1.165, 1.54) is 5.56 Å². The van der Waals surface area contributed by atoms with Gasteiger partial charge in [0.25, 0.3) is 0 Å². The molecular formula is C17H21ClN2O. The van der Waals surface area contributed by atoms with Crippen LogP contribution in [0.4, 0.5) is 0 Å². The van der Waals surface area contributed by atoms with Crippen molar-refractivity contribution in [2.45, 2.75) is 38.5 Å². The van der Waals surface area contributed by atoms with E-state index in [2.05, 4.69) is 23.0 Å². The van der Waals surface area contributed by atoms with Crippen LogP contribution < -0.4 is 4.74 Å². The molecule has 2 aromatic rings. The molecule has 0 fully saturated rings. The summed E-state index contributed by atoms with van der Waals surface area (Å²) >= 11 is 5.92. The second-order valence-corrected chi connectivity index (χ2v) is 5.26. The van der Waals surface area contributed by atoms with Gasteiger partial charge >= 0.3 is 0 Å². The molecule has 2 heterocycles. The Hall–Kier alpha value is -1.61. The number of halogens is 1. The van der Waals surface area contributed by atoms with Crippen molar-refractivity contribution >= 4 is 11.6 Å². The van der Waals surface area contributed by atoms with Gasteiger partial charge in [-0.1, -0.05) is 13.3 Å². The quantitative estimate of drug-likeness (QED) is 0.542. The highest BCUT2D eigenvalue weighted by molar-refractivity contribution is 6.17. The molecule has 0 amide bonds. The van der Waals surface area contributed by atoms with Crippen LogP contribution in [0.5, 0.6) is 5.88 Å². The van der Waals surface area contributed by atoms with Gasteiger partial charge in [-0.3, -0.25) is 4.98 Å². The molecule has 0 bridgehead atoms. The molecule has 0 spiro atoms. The number of pyridine rings is 2. The summed E-state index contributed by atoms with van der Waals surface area (Å²) in [5.41, 5.74) is 3.40. The predicted molar refractivity (Wildman–Crippen MR) is 85.8 cm³/mol. The van der Waals surface area contributed by atoms with Gasteiger partial charge in [0.2, 0.25) is 5.88 Å². The number of hydrogen-bond donors (Lipinski definition) is 0. The Labute approximate surface area is 131 Å². The van der Waals surface area contributed by atoms with E-state index >= 15 is 0 Å². The molecule has 0 unspecified atom stereocenters. The van der Waals surface area contributed by atoms with Gasteiger partial charge in [0.1, 0.15) is 0 Å². The van der Waals surface area contributed by atoms with Crippen LogP contribution in [0.1, 0.15) is 36.6 Å². The normalized spacial score (nSPS) is 10.6. The van der Waals surface area contributed by atoms with Gasteiger partial charge in [0.15, 0.2) is 0 Å². The number of hydrogen-bond acceptors (Lipinski definition) is 3. The molecule has 0 saturated carbocycles. The first-order chi connectivity index (χ1) is 10.3. The van der Waals surface area contributed by atoms with Gasteiger partial charge in [-0.15, -0.1) is 11.6 Å². The molecule has 21 heavy (non-hydrogen) atoms. The highest BCUT2D eigenvalue weighted by Crippen LogP contribution is 2.16. The largest absolute Gasteiger partial charge is 0.478 e. The van der Waals surface area contributed by atoms with E-state index in [1.54, 1.807) is 0 Å². The minimum Gasteiger partial charge on any atom is -0.478 e. The Morgan fingerprint density at radius 3 is 2.62 bits per heavy atom. The van der Waals surface area contributed by atoms with Gasteiger partial charge < -0.3 is 4.74 Å². The van der Waals surface area contributed by atoms with Gasteiger partial charge in [-0.05, 0) is 48.6 Å². The molecule has 0 aromatic carbocycles. The van der Waals surface area contributed by atoms with Crippen molar-refractivity contribution in [1.29, 1.82) is 0 Å². The van der Waals surface area contributed by atoms with Crippen LogP contribution in [0.25, 0.3) is 0 Å². The molecule has 0 aliphatic rings. The molecular weight excluding hydrogens is 284 g/mol. The van der Waals surface area contributed by atoms with E-state index in [0.717, 1.165) is 36.9 Å². The lowest BCUT2D eigenvalue weighted by atomic mass is 10.1. The maximum atomic E-state index is 5.92. The highest BCUT2D eigenvalue weighted by atomic mass is 35.5. The molecule has 0 N–H and O–H groups in total. The Balaban J connectivity index is 1.86. The van der Waals surface area contributed by atoms with Crippen LogP contribution in [0, 0.1) is 0 Å². The van der Waals surface area contributed by atoms with E-state index < -0.39 is 0 Å². The monoisotopic (exact) mass is 304 g/mol. The Bertz CT molecular complexity index is 546. The summed E-state index contributed by atoms with van der Waals surface area (Å²) in [4.78, 5) is 8.54. The first-order valence-corrected chi connectivity index (χ1v) is 7.92. The summed E-state index contributed by atoms with van der Waals surface area (Å²) in [7, 11) is 0. The molecule has 0 atom stereocenters. The molecule has 4 heteroatoms. The third-order valence-corrected chi connectivity index (χ3v) is 3.49. The third-order valence-electron chi connectivity index (χ3n) is 3.18. The number of aromatic nitrogens is 2. The zero-order valence-corrected chi connectivity index (χ0v) is 13.1. The second kappa shape index (κ2) is 8.63. The van der Waals surface area contributed by atoms with Crippen molar-refractivity contribution in [3.8, 4) is 5.88 Å². The third kappa shape index (κ3) is 5.35. The van der Waals surface area contributed by atoms with Crippen LogP contribution in [0.3, 0.4) is 0 Å². The zero-order valence-electron chi connectivity index (χ0n) is 12.4. The fourth-order valence-corrected chi connectivity index (χ4v) is 2.31. The van der Waals surface area contributed by atoms with Gasteiger partial charge in [0, 0.05) is 30.0 Å². The van der Waals surface area contributed by atoms with Crippen LogP contribution >= 0.6 is 11.6 Å². The van der Waals surface area contributed by atoms with E-state index in [0.29, 0.717) is 18.4 Å². The van der Waals surface area contributed by atoms with Gasteiger partial charge in [-0.25, -0.2) is 4.98 Å². The topological polar surface area (TPSA) is 35.0 Å². The summed E-state index contributed by atoms with van der Waals surface area (Å²) in [5.74, 6) is 1.18. The minimum atomic E-state index is 0.493. The number of alkyl halides is 1. The van der Waals surface area contributed by atoms with Gasteiger partial charge in [0.05, 0.1) is 6.61 Å². The van der Waals surface area contributed by atoms with Crippen LogP contribution in [0.2, 0.25) is 0 Å². The fraction of sp³-hybridized carbons (Fsp3) is 0.412. The van der Waals surface area contributed by atoms with E-state index in [4.69, 9.17) is 16.3 Å². The first-order valence-electron chi connectivity index (χ1n) is 7.39. The molecule has 3 nitrogen and oxygen atoms in total. The molecule has 0 radical (unpaired) electrons. The summed E-state index contributed by atoms with van der Waals surface area (Å²) in [6.45, 7) is 2.80. The van der Waals surface area contributed by atoms with E-state index in [1.807, 2.05) is 30.6 Å². The molecule has 2 aromatic heterocycles. The second-order valence-electron chi connectivity index (χ2n) is 5.00. The van der Waals surface area contributed by atoms with E-state index in [9.17, 15) is 0 Å². The molecule has 0 aliphatic heterocycles. The summed E-state index contributed by atoms with van der Waals surface area (Å²) in [6, 6.07) is 8.05. The van der Waals surface area contributed by atoms with Crippen molar-refractivity contribution in [1.82, 2.24) is 9.97 Å². The fourth-order valence-electron chi connectivity index (χ4n) is 2.16. The molecule has 2 rings (SSSR count). The minimum absolute atomic E-state index is 0.493. The average Bonchev–Trinajstić information content (AvgIpc) is 2.53. The summed E-state index contributed by atoms with van der Waals surface area (Å²) in [5, 5.41) is 0. The lowest BCUT2D eigenvalue weighted by molar-refractivity contribution is 0.298. The maximum absolute atomic E-state index is 5.92. The standard InChI is InChI=1S/C17H21ClN2O/c1-2-4-16-11-15(13-18)12-17(20-16)21-10-3-5-14-6-8-19-9-7-14/h6-9,11-12H,2-5,10,13H2,1H3. The number of ether oxygens (including phenoxy) is 1. The van der Waals surface area contributed by atoms with Gasteiger partial charge in [-0.2, -0.15) is 0 Å². The van der Waals surface area contributed by atoms with Crippen molar-refractivity contribution in [2.75, 3.05) is 6.61 Å². The number of rotatable bonds is 8. The molecule has 0 aliphatic carbocycles. The van der Waals surface area contributed by atoms with Crippen molar-refractivity contribution in [3.63, 3.8) is 0 Å². The summed E-state index contributed by atoms with van der Waals surface area (Å²) < 4.78 is 5.77. The van der Waals surface area contributed by atoms with Crippen LogP contribution in [-0.4, -0.2) is 16.6 Å². The lowest BCUT2D eigenvalue weighted by Gasteiger charge is -2.09. The van der Waals surface area contributed by atoms with Crippen molar-refractivity contribution in [3.05, 3.63) is 53.5 Å². The maximum Gasteiger partial charge on any atom is 0.213 e. The van der Waals surface area contributed by atoms with Crippen LogP contribution in [-0.2, 0) is 18.7 Å². The first kappa shape index (κ1) is 15.8. The Morgan fingerprint density at radius 2 is 1.90 bits per heavy atom. The van der Waals surface area contributed by atoms with Crippen LogP contribution in [0.15, 0.2) is 36.7 Å². The van der Waals surface area contributed by atoms with E-state index in [-0.39, 0.29) is 0 Å². The SMILES string of the molecule is CCCc1cc(CCl)cc(OCCCc2ccncc2)n1. The summed E-state index contributed by atoms with van der Waals surface area (Å²) in [6.07, 6.45) is 7.61. The predicted octanol–water partition coefficient (Wildman–Crippen LogP) is 4.18. The number of nitrogens with zero attached hydrogens (tertiary/aromatic N) is 2. The number of aryl methyl sites for hydroxylation is 2. The Morgan fingerprint density at radius 1 is 1.10 bits per heavy atom. The smallest absolute Gasteiger partial charge is 0.213 e. The van der Waals surface area contributed by atoms with Crippen molar-refractivity contribution in [2.24, 2.45) is 0 Å². The molecule has 112 valence electrons. The average molecular weight is 305 g/mol. The lowest BCUT2D eigenvalue weighted by Crippen LogP contribution is -2.03.